The van der Waals surface area contributed by atoms with Gasteiger partial charge in [-0.25, -0.2) is 0 Å². The molecule has 2 heterocycles. The van der Waals surface area contributed by atoms with Crippen LogP contribution in [0.1, 0.15) is 30.7 Å². The van der Waals surface area contributed by atoms with Crippen LogP contribution in [0.2, 0.25) is 0 Å². The van der Waals surface area contributed by atoms with Crippen molar-refractivity contribution in [3.05, 3.63) is 29.8 Å². The van der Waals surface area contributed by atoms with Gasteiger partial charge in [0.1, 0.15) is 5.75 Å². The number of hydrogen-bond acceptors (Lipinski definition) is 3. The Morgan fingerprint density at radius 2 is 2.11 bits per heavy atom. The summed E-state index contributed by atoms with van der Waals surface area (Å²) in [5.74, 6) is 1.62. The van der Waals surface area contributed by atoms with Crippen LogP contribution in [0, 0.1) is 0 Å². The maximum Gasteiger partial charge on any atom is 0.122 e. The minimum Gasteiger partial charge on any atom is -0.493 e. The van der Waals surface area contributed by atoms with Crippen LogP contribution in [-0.4, -0.2) is 43.2 Å². The lowest BCUT2D eigenvalue weighted by molar-refractivity contribution is 0.307. The largest absolute Gasteiger partial charge is 0.493 e. The van der Waals surface area contributed by atoms with Crippen LogP contribution in [0.3, 0.4) is 0 Å². The number of hydrogen-bond donors (Lipinski definition) is 1. The molecular formula is C16H22N2O. The molecular weight excluding hydrogens is 236 g/mol. The molecule has 1 aromatic rings. The topological polar surface area (TPSA) is 24.5 Å². The Balaban J connectivity index is 1.31. The summed E-state index contributed by atoms with van der Waals surface area (Å²) >= 11 is 0. The van der Waals surface area contributed by atoms with Crippen molar-refractivity contribution in [3.8, 4) is 5.75 Å². The third-order valence-electron chi connectivity index (χ3n) is 4.73. The van der Waals surface area contributed by atoms with Gasteiger partial charge in [0.15, 0.2) is 0 Å². The highest BCUT2D eigenvalue weighted by atomic mass is 16.5. The molecule has 2 unspecified atom stereocenters. The molecule has 19 heavy (non-hydrogen) atoms. The Hall–Kier alpha value is -1.06. The molecule has 1 aliphatic carbocycles. The smallest absolute Gasteiger partial charge is 0.122 e. The number of para-hydroxylation sites is 1. The van der Waals surface area contributed by atoms with E-state index in [0.717, 1.165) is 24.9 Å². The molecule has 4 rings (SSSR count). The molecule has 0 bridgehead atoms. The fourth-order valence-corrected chi connectivity index (χ4v) is 3.43. The van der Waals surface area contributed by atoms with Gasteiger partial charge in [-0.3, -0.25) is 4.90 Å². The average molecular weight is 258 g/mol. The van der Waals surface area contributed by atoms with Gasteiger partial charge in [-0.2, -0.15) is 0 Å². The first-order valence-corrected chi connectivity index (χ1v) is 7.59. The van der Waals surface area contributed by atoms with Crippen molar-refractivity contribution in [2.75, 3.05) is 26.2 Å². The van der Waals surface area contributed by atoms with Crippen molar-refractivity contribution < 1.29 is 4.74 Å². The lowest BCUT2D eigenvalue weighted by atomic mass is 10.0. The normalized spacial score (nSPS) is 30.3. The number of nitrogens with one attached hydrogen (secondary N) is 1. The molecule has 0 aromatic heterocycles. The highest BCUT2D eigenvalue weighted by molar-refractivity contribution is 5.39. The Morgan fingerprint density at radius 1 is 1.21 bits per heavy atom. The Kier molecular flexibility index (Phi) is 2.97. The molecule has 0 spiro atoms. The summed E-state index contributed by atoms with van der Waals surface area (Å²) < 4.78 is 5.75. The van der Waals surface area contributed by atoms with Gasteiger partial charge >= 0.3 is 0 Å². The molecule has 102 valence electrons. The summed E-state index contributed by atoms with van der Waals surface area (Å²) in [5, 5.41) is 3.76. The van der Waals surface area contributed by atoms with Gasteiger partial charge in [0.2, 0.25) is 0 Å². The highest BCUT2D eigenvalue weighted by Crippen LogP contribution is 2.33. The number of fused-ring (bicyclic) bond motifs is 1. The van der Waals surface area contributed by atoms with Gasteiger partial charge in [-0.1, -0.05) is 18.2 Å². The average Bonchev–Trinajstić information content (AvgIpc) is 3.05. The summed E-state index contributed by atoms with van der Waals surface area (Å²) in [5.41, 5.74) is 1.38. The second-order valence-corrected chi connectivity index (χ2v) is 6.17. The van der Waals surface area contributed by atoms with Crippen molar-refractivity contribution >= 4 is 0 Å². The molecule has 3 heteroatoms. The first-order chi connectivity index (χ1) is 9.40. The minimum atomic E-state index is 0.533. The number of benzene rings is 1. The molecule has 3 nitrogen and oxygen atoms in total. The minimum absolute atomic E-state index is 0.533. The second-order valence-electron chi connectivity index (χ2n) is 6.17. The van der Waals surface area contributed by atoms with Crippen LogP contribution in [-0.2, 0) is 0 Å². The molecule has 0 radical (unpaired) electrons. The van der Waals surface area contributed by atoms with Crippen molar-refractivity contribution in [1.29, 1.82) is 0 Å². The van der Waals surface area contributed by atoms with Crippen LogP contribution in [0.5, 0.6) is 5.75 Å². The molecule has 3 aliphatic rings. The first kappa shape index (κ1) is 11.7. The van der Waals surface area contributed by atoms with Crippen LogP contribution >= 0.6 is 0 Å². The van der Waals surface area contributed by atoms with E-state index >= 15 is 0 Å². The van der Waals surface area contributed by atoms with E-state index < -0.39 is 0 Å². The van der Waals surface area contributed by atoms with Crippen LogP contribution in [0.15, 0.2) is 24.3 Å². The predicted octanol–water partition coefficient (Wildman–Crippen LogP) is 1.99. The number of likely N-dealkylation sites (tertiary alicyclic amines) is 1. The number of rotatable bonds is 4. The third kappa shape index (κ3) is 2.37. The molecule has 2 atom stereocenters. The van der Waals surface area contributed by atoms with Crippen molar-refractivity contribution in [3.63, 3.8) is 0 Å². The SMILES string of the molecule is c1ccc2c(c1)OCC2CNC1CCN(C2CC2)C1. The molecule has 1 saturated heterocycles. The maximum atomic E-state index is 5.75. The van der Waals surface area contributed by atoms with E-state index in [1.807, 2.05) is 0 Å². The molecule has 2 aliphatic heterocycles. The van der Waals surface area contributed by atoms with Crippen molar-refractivity contribution in [2.45, 2.75) is 37.3 Å². The number of nitrogens with zero attached hydrogens (tertiary/aromatic N) is 1. The highest BCUT2D eigenvalue weighted by Gasteiger charge is 2.34. The van der Waals surface area contributed by atoms with E-state index in [9.17, 15) is 0 Å². The van der Waals surface area contributed by atoms with Gasteiger partial charge in [0.25, 0.3) is 0 Å². The van der Waals surface area contributed by atoms with E-state index in [1.54, 1.807) is 0 Å². The second kappa shape index (κ2) is 4.80. The Morgan fingerprint density at radius 3 is 3.00 bits per heavy atom. The van der Waals surface area contributed by atoms with E-state index in [1.165, 1.54) is 37.9 Å². The zero-order chi connectivity index (χ0) is 12.7. The third-order valence-corrected chi connectivity index (χ3v) is 4.73. The van der Waals surface area contributed by atoms with Crippen LogP contribution in [0.4, 0.5) is 0 Å². The summed E-state index contributed by atoms with van der Waals surface area (Å²) in [4.78, 5) is 2.66. The predicted molar refractivity (Wildman–Crippen MR) is 75.7 cm³/mol. The number of ether oxygens (including phenoxy) is 1. The summed E-state index contributed by atoms with van der Waals surface area (Å²) in [6, 6.07) is 10.1. The van der Waals surface area contributed by atoms with E-state index in [-0.39, 0.29) is 0 Å². The zero-order valence-corrected chi connectivity index (χ0v) is 11.3. The van der Waals surface area contributed by atoms with E-state index in [4.69, 9.17) is 4.74 Å². The van der Waals surface area contributed by atoms with Crippen LogP contribution < -0.4 is 10.1 Å². The molecule has 1 saturated carbocycles. The molecule has 1 aromatic carbocycles. The van der Waals surface area contributed by atoms with Crippen molar-refractivity contribution in [2.24, 2.45) is 0 Å². The first-order valence-electron chi connectivity index (χ1n) is 7.59. The lowest BCUT2D eigenvalue weighted by Crippen LogP contribution is -2.36. The zero-order valence-electron chi connectivity index (χ0n) is 11.3. The van der Waals surface area contributed by atoms with E-state index in [0.29, 0.717) is 12.0 Å². The van der Waals surface area contributed by atoms with Gasteiger partial charge in [-0.05, 0) is 25.3 Å². The summed E-state index contributed by atoms with van der Waals surface area (Å²) in [7, 11) is 0. The maximum absolute atomic E-state index is 5.75. The Labute approximate surface area is 114 Å². The summed E-state index contributed by atoms with van der Waals surface area (Å²) in [6.45, 7) is 4.44. The van der Waals surface area contributed by atoms with Crippen molar-refractivity contribution in [1.82, 2.24) is 10.2 Å². The summed E-state index contributed by atoms with van der Waals surface area (Å²) in [6.07, 6.45) is 4.17. The fourth-order valence-electron chi connectivity index (χ4n) is 3.43. The lowest BCUT2D eigenvalue weighted by Gasteiger charge is -2.17. The standard InChI is InChI=1S/C16H22N2O/c1-2-4-16-15(3-1)12(11-19-16)9-17-13-7-8-18(10-13)14-5-6-14/h1-4,12-14,17H,5-11H2. The van der Waals surface area contributed by atoms with E-state index in [2.05, 4.69) is 34.5 Å². The Bertz CT molecular complexity index is 458. The van der Waals surface area contributed by atoms with Gasteiger partial charge in [-0.15, -0.1) is 0 Å². The fraction of sp³-hybridized carbons (Fsp3) is 0.625. The molecule has 0 amide bonds. The quantitative estimate of drug-likeness (QED) is 0.894. The monoisotopic (exact) mass is 258 g/mol. The molecule has 2 fully saturated rings. The van der Waals surface area contributed by atoms with Gasteiger partial charge < -0.3 is 10.1 Å². The van der Waals surface area contributed by atoms with Gasteiger partial charge in [0, 0.05) is 43.2 Å². The molecule has 1 N–H and O–H groups in total. The van der Waals surface area contributed by atoms with Crippen LogP contribution in [0.25, 0.3) is 0 Å². The van der Waals surface area contributed by atoms with Gasteiger partial charge in [0.05, 0.1) is 6.61 Å².